The maximum absolute atomic E-state index is 3.83. The molecule has 0 spiro atoms. The van der Waals surface area contributed by atoms with E-state index in [0.29, 0.717) is 6.04 Å². The summed E-state index contributed by atoms with van der Waals surface area (Å²) in [7, 11) is 0. The molecule has 1 aromatic heterocycles. The van der Waals surface area contributed by atoms with Crippen LogP contribution in [0.2, 0.25) is 0 Å². The largest absolute Gasteiger partial charge is 0.310 e. The van der Waals surface area contributed by atoms with Crippen molar-refractivity contribution in [3.05, 3.63) is 57.8 Å². The van der Waals surface area contributed by atoms with Crippen LogP contribution >= 0.6 is 11.3 Å². The summed E-state index contributed by atoms with van der Waals surface area (Å²) in [5, 5.41) is 8.38. The van der Waals surface area contributed by atoms with Gasteiger partial charge in [-0.3, -0.25) is 0 Å². The van der Waals surface area contributed by atoms with Crippen LogP contribution in [0, 0.1) is 11.8 Å². The van der Waals surface area contributed by atoms with Crippen LogP contribution in [-0.2, 0) is 6.42 Å². The smallest absolute Gasteiger partial charge is 0.0365 e. The molecule has 4 rings (SSSR count). The Balaban J connectivity index is 1.61. The molecule has 0 aliphatic heterocycles. The lowest BCUT2D eigenvalue weighted by molar-refractivity contribution is 0.450. The van der Waals surface area contributed by atoms with Crippen LogP contribution in [0.1, 0.15) is 48.4 Å². The third kappa shape index (κ3) is 2.35. The van der Waals surface area contributed by atoms with Crippen molar-refractivity contribution in [3.63, 3.8) is 0 Å². The number of hydrogen-bond donors (Lipinski definition) is 1. The Bertz CT molecular complexity index is 604. The van der Waals surface area contributed by atoms with Crippen LogP contribution in [0.3, 0.4) is 0 Å². The van der Waals surface area contributed by atoms with E-state index >= 15 is 0 Å². The standard InChI is InChI=1S/C19H23NS/c1-2-10-20-19(14-9-11-21-12-14)18-16-8-7-13-5-3-4-6-15(13)17(16)18/h3-6,9,11-12,16-20H,2,7-8,10H2,1H3. The van der Waals surface area contributed by atoms with Crippen molar-refractivity contribution in [2.45, 2.75) is 38.1 Å². The first-order chi connectivity index (χ1) is 10.4. The van der Waals surface area contributed by atoms with Gasteiger partial charge < -0.3 is 5.32 Å². The van der Waals surface area contributed by atoms with Crippen molar-refractivity contribution in [2.75, 3.05) is 6.54 Å². The van der Waals surface area contributed by atoms with E-state index in [0.717, 1.165) is 24.3 Å². The number of fused-ring (bicyclic) bond motifs is 3. The Kier molecular flexibility index (Phi) is 3.60. The molecule has 21 heavy (non-hydrogen) atoms. The van der Waals surface area contributed by atoms with Crippen LogP contribution < -0.4 is 5.32 Å². The van der Waals surface area contributed by atoms with Gasteiger partial charge in [-0.1, -0.05) is 31.2 Å². The molecule has 2 heteroatoms. The first-order valence-electron chi connectivity index (χ1n) is 8.23. The fraction of sp³-hybridized carbons (Fsp3) is 0.474. The summed E-state index contributed by atoms with van der Waals surface area (Å²) in [6, 6.07) is 12.0. The van der Waals surface area contributed by atoms with Gasteiger partial charge in [-0.05, 0) is 77.1 Å². The van der Waals surface area contributed by atoms with E-state index in [9.17, 15) is 0 Å². The Morgan fingerprint density at radius 1 is 1.29 bits per heavy atom. The van der Waals surface area contributed by atoms with Crippen LogP contribution in [0.15, 0.2) is 41.1 Å². The van der Waals surface area contributed by atoms with Crippen molar-refractivity contribution in [2.24, 2.45) is 11.8 Å². The van der Waals surface area contributed by atoms with Crippen LogP contribution in [0.5, 0.6) is 0 Å². The zero-order chi connectivity index (χ0) is 14.2. The highest BCUT2D eigenvalue weighted by Gasteiger charge is 2.56. The molecule has 1 aromatic carbocycles. The number of thiophene rings is 1. The minimum atomic E-state index is 0.553. The van der Waals surface area contributed by atoms with Crippen molar-refractivity contribution in [3.8, 4) is 0 Å². The van der Waals surface area contributed by atoms with Crippen LogP contribution in [0.4, 0.5) is 0 Å². The summed E-state index contributed by atoms with van der Waals surface area (Å²) >= 11 is 1.83. The molecule has 1 heterocycles. The van der Waals surface area contributed by atoms with E-state index in [1.165, 1.54) is 24.8 Å². The normalized spacial score (nSPS) is 27.8. The van der Waals surface area contributed by atoms with E-state index in [1.54, 1.807) is 11.1 Å². The van der Waals surface area contributed by atoms with E-state index in [2.05, 4.69) is 53.3 Å². The monoisotopic (exact) mass is 297 g/mol. The van der Waals surface area contributed by atoms with E-state index in [1.807, 2.05) is 11.3 Å². The molecule has 4 unspecified atom stereocenters. The first kappa shape index (κ1) is 13.5. The minimum absolute atomic E-state index is 0.553. The molecule has 0 bridgehead atoms. The van der Waals surface area contributed by atoms with Gasteiger partial charge in [0, 0.05) is 6.04 Å². The Morgan fingerprint density at radius 3 is 3.00 bits per heavy atom. The second-order valence-electron chi connectivity index (χ2n) is 6.49. The summed E-state index contributed by atoms with van der Waals surface area (Å²) in [5.41, 5.74) is 4.74. The number of benzene rings is 1. The van der Waals surface area contributed by atoms with Gasteiger partial charge in [-0.15, -0.1) is 0 Å². The Morgan fingerprint density at radius 2 is 2.19 bits per heavy atom. The highest BCUT2D eigenvalue weighted by Crippen LogP contribution is 2.64. The molecule has 0 amide bonds. The van der Waals surface area contributed by atoms with Gasteiger partial charge in [0.25, 0.3) is 0 Å². The van der Waals surface area contributed by atoms with E-state index < -0.39 is 0 Å². The van der Waals surface area contributed by atoms with Gasteiger partial charge in [-0.2, -0.15) is 11.3 Å². The summed E-state index contributed by atoms with van der Waals surface area (Å²) < 4.78 is 0. The highest BCUT2D eigenvalue weighted by atomic mass is 32.1. The molecule has 1 N–H and O–H groups in total. The molecule has 0 radical (unpaired) electrons. The molecule has 1 nitrogen and oxygen atoms in total. The summed E-state index contributed by atoms with van der Waals surface area (Å²) in [4.78, 5) is 0. The lowest BCUT2D eigenvalue weighted by Gasteiger charge is -2.18. The first-order valence-corrected chi connectivity index (χ1v) is 9.17. The second kappa shape index (κ2) is 5.58. The fourth-order valence-corrected chi connectivity index (χ4v) is 5.00. The van der Waals surface area contributed by atoms with Gasteiger partial charge in [0.05, 0.1) is 0 Å². The highest BCUT2D eigenvalue weighted by molar-refractivity contribution is 7.07. The maximum atomic E-state index is 3.83. The molecule has 2 aromatic rings. The average molecular weight is 297 g/mol. The maximum Gasteiger partial charge on any atom is 0.0365 e. The Labute approximate surface area is 131 Å². The SMILES string of the molecule is CCCNC(c1ccsc1)C1C2CCc3ccccc3C21. The minimum Gasteiger partial charge on any atom is -0.310 e. The summed E-state index contributed by atoms with van der Waals surface area (Å²) in [6.45, 7) is 3.38. The molecular formula is C19H23NS. The molecular weight excluding hydrogens is 274 g/mol. The van der Waals surface area contributed by atoms with E-state index in [4.69, 9.17) is 0 Å². The lowest BCUT2D eigenvalue weighted by Crippen LogP contribution is -2.24. The number of rotatable bonds is 5. The molecule has 1 saturated carbocycles. The third-order valence-electron chi connectivity index (χ3n) is 5.29. The van der Waals surface area contributed by atoms with Gasteiger partial charge in [0.2, 0.25) is 0 Å². The predicted molar refractivity (Wildman–Crippen MR) is 89.8 cm³/mol. The van der Waals surface area contributed by atoms with E-state index in [-0.39, 0.29) is 0 Å². The number of nitrogens with one attached hydrogen (secondary N) is 1. The third-order valence-corrected chi connectivity index (χ3v) is 5.99. The topological polar surface area (TPSA) is 12.0 Å². The zero-order valence-electron chi connectivity index (χ0n) is 12.6. The van der Waals surface area contributed by atoms with Gasteiger partial charge in [0.1, 0.15) is 0 Å². The van der Waals surface area contributed by atoms with Gasteiger partial charge in [-0.25, -0.2) is 0 Å². The summed E-state index contributed by atoms with van der Waals surface area (Å²) in [5.74, 6) is 2.49. The molecule has 1 fully saturated rings. The number of aryl methyl sites for hydroxylation is 1. The van der Waals surface area contributed by atoms with Crippen molar-refractivity contribution in [1.29, 1.82) is 0 Å². The van der Waals surface area contributed by atoms with Gasteiger partial charge in [0.15, 0.2) is 0 Å². The summed E-state index contributed by atoms with van der Waals surface area (Å²) in [6.07, 6.45) is 3.86. The molecule has 2 aliphatic carbocycles. The number of hydrogen-bond acceptors (Lipinski definition) is 2. The Hall–Kier alpha value is -1.12. The van der Waals surface area contributed by atoms with Crippen LogP contribution in [0.25, 0.3) is 0 Å². The average Bonchev–Trinajstić information content (AvgIpc) is 3.00. The van der Waals surface area contributed by atoms with Gasteiger partial charge >= 0.3 is 0 Å². The second-order valence-corrected chi connectivity index (χ2v) is 7.27. The molecule has 0 saturated heterocycles. The molecule has 110 valence electrons. The molecule has 2 aliphatic rings. The predicted octanol–water partition coefficient (Wildman–Crippen LogP) is 4.76. The molecule has 4 atom stereocenters. The quantitative estimate of drug-likeness (QED) is 0.838. The van der Waals surface area contributed by atoms with Crippen molar-refractivity contribution >= 4 is 11.3 Å². The lowest BCUT2D eigenvalue weighted by atomic mass is 9.92. The zero-order valence-corrected chi connectivity index (χ0v) is 13.4. The van der Waals surface area contributed by atoms with Crippen molar-refractivity contribution in [1.82, 2.24) is 5.32 Å². The fourth-order valence-electron chi connectivity index (χ4n) is 4.30. The van der Waals surface area contributed by atoms with Crippen LogP contribution in [-0.4, -0.2) is 6.54 Å². The van der Waals surface area contributed by atoms with Crippen molar-refractivity contribution < 1.29 is 0 Å².